The van der Waals surface area contributed by atoms with E-state index in [1.54, 1.807) is 14.2 Å². The Morgan fingerprint density at radius 1 is 1.28 bits per heavy atom. The van der Waals surface area contributed by atoms with Gasteiger partial charge in [0.1, 0.15) is 5.75 Å². The number of likely N-dealkylation sites (N-methyl/N-ethyl adjacent to an activating group) is 1. The predicted molar refractivity (Wildman–Crippen MR) is 112 cm³/mol. The number of ether oxygens (including phenoxy) is 1. The van der Waals surface area contributed by atoms with Crippen LogP contribution in [0.25, 0.3) is 11.4 Å². The summed E-state index contributed by atoms with van der Waals surface area (Å²) in [6.07, 6.45) is 2.06. The van der Waals surface area contributed by atoms with E-state index in [1.165, 1.54) is 16.7 Å². The second-order valence-corrected chi connectivity index (χ2v) is 8.32. The quantitative estimate of drug-likeness (QED) is 0.630. The van der Waals surface area contributed by atoms with Crippen molar-refractivity contribution in [3.05, 3.63) is 24.3 Å². The molecule has 0 atom stereocenters. The summed E-state index contributed by atoms with van der Waals surface area (Å²) in [7, 11) is 3.27. The van der Waals surface area contributed by atoms with Crippen molar-refractivity contribution < 1.29 is 14.3 Å². The summed E-state index contributed by atoms with van der Waals surface area (Å²) in [5, 5.41) is 12.2. The van der Waals surface area contributed by atoms with E-state index >= 15 is 0 Å². The molecule has 29 heavy (non-hydrogen) atoms. The number of nitrogens with zero attached hydrogens (tertiary/aromatic N) is 4. The molecule has 0 radical (unpaired) electrons. The van der Waals surface area contributed by atoms with Crippen LogP contribution < -0.4 is 10.1 Å². The molecule has 2 amide bonds. The van der Waals surface area contributed by atoms with Crippen LogP contribution in [-0.2, 0) is 9.59 Å². The first-order chi connectivity index (χ1) is 13.9. The van der Waals surface area contributed by atoms with Gasteiger partial charge in [-0.05, 0) is 51.0 Å². The van der Waals surface area contributed by atoms with E-state index in [-0.39, 0.29) is 30.2 Å². The number of carbonyl (C=O) groups excluding carboxylic acids is 2. The van der Waals surface area contributed by atoms with Crippen molar-refractivity contribution in [1.29, 1.82) is 0 Å². The first-order valence-corrected chi connectivity index (χ1v) is 10.6. The van der Waals surface area contributed by atoms with Crippen molar-refractivity contribution >= 4 is 23.6 Å². The normalized spacial score (nSPS) is 13.4. The molecule has 1 saturated carbocycles. The average molecular weight is 418 g/mol. The Bertz CT molecular complexity index is 862. The largest absolute Gasteiger partial charge is 0.497 e. The fourth-order valence-corrected chi connectivity index (χ4v) is 3.83. The van der Waals surface area contributed by atoms with Gasteiger partial charge in [0.05, 0.1) is 19.4 Å². The zero-order chi connectivity index (χ0) is 21.0. The Balaban J connectivity index is 1.64. The molecule has 1 N–H and O–H groups in total. The van der Waals surface area contributed by atoms with E-state index in [2.05, 4.69) is 29.4 Å². The maximum absolute atomic E-state index is 12.4. The molecule has 0 aliphatic heterocycles. The SMILES string of the molecule is COc1ccc(-c2nnc(SCC(=O)N(C)CC(=O)NC3CC3)n2C(C)C)cc1. The smallest absolute Gasteiger partial charge is 0.239 e. The van der Waals surface area contributed by atoms with Gasteiger partial charge >= 0.3 is 0 Å². The van der Waals surface area contributed by atoms with Gasteiger partial charge in [0, 0.05) is 24.7 Å². The molecule has 0 saturated heterocycles. The van der Waals surface area contributed by atoms with Gasteiger partial charge in [-0.2, -0.15) is 0 Å². The topological polar surface area (TPSA) is 89.4 Å². The number of nitrogens with one attached hydrogen (secondary N) is 1. The number of amides is 2. The third kappa shape index (κ3) is 5.50. The number of hydrogen-bond acceptors (Lipinski definition) is 6. The molecule has 0 unspecified atom stereocenters. The molecule has 8 nitrogen and oxygen atoms in total. The minimum absolute atomic E-state index is 0.0733. The van der Waals surface area contributed by atoms with E-state index in [0.29, 0.717) is 11.2 Å². The van der Waals surface area contributed by atoms with Crippen LogP contribution in [0.3, 0.4) is 0 Å². The Kier molecular flexibility index (Phi) is 6.79. The maximum Gasteiger partial charge on any atom is 0.239 e. The van der Waals surface area contributed by atoms with Crippen molar-refractivity contribution in [2.75, 3.05) is 26.5 Å². The van der Waals surface area contributed by atoms with E-state index < -0.39 is 0 Å². The minimum Gasteiger partial charge on any atom is -0.497 e. The van der Waals surface area contributed by atoms with E-state index in [9.17, 15) is 9.59 Å². The van der Waals surface area contributed by atoms with Crippen LogP contribution in [0.1, 0.15) is 32.7 Å². The molecular formula is C20H27N5O3S. The van der Waals surface area contributed by atoms with Crippen LogP contribution >= 0.6 is 11.8 Å². The molecule has 9 heteroatoms. The molecule has 2 aromatic rings. The molecule has 3 rings (SSSR count). The molecule has 0 spiro atoms. The molecule has 1 heterocycles. The van der Waals surface area contributed by atoms with Crippen molar-refractivity contribution in [3.8, 4) is 17.1 Å². The molecule has 1 fully saturated rings. The van der Waals surface area contributed by atoms with E-state index in [1.807, 2.05) is 28.8 Å². The average Bonchev–Trinajstić information content (AvgIpc) is 3.40. The van der Waals surface area contributed by atoms with Gasteiger partial charge < -0.3 is 15.0 Å². The summed E-state index contributed by atoms with van der Waals surface area (Å²) in [5.41, 5.74) is 0.930. The number of aromatic nitrogens is 3. The molecule has 0 bridgehead atoms. The molecule has 1 aliphatic rings. The van der Waals surface area contributed by atoms with Gasteiger partial charge in [-0.25, -0.2) is 0 Å². The lowest BCUT2D eigenvalue weighted by Gasteiger charge is -2.17. The van der Waals surface area contributed by atoms with Crippen molar-refractivity contribution in [2.45, 2.75) is 43.9 Å². The lowest BCUT2D eigenvalue weighted by atomic mass is 10.2. The zero-order valence-corrected chi connectivity index (χ0v) is 18.0. The van der Waals surface area contributed by atoms with Crippen LogP contribution in [0.4, 0.5) is 0 Å². The Morgan fingerprint density at radius 3 is 2.55 bits per heavy atom. The highest BCUT2D eigenvalue weighted by molar-refractivity contribution is 7.99. The second-order valence-electron chi connectivity index (χ2n) is 7.38. The second kappa shape index (κ2) is 9.30. The number of benzene rings is 1. The number of carbonyl (C=O) groups is 2. The summed E-state index contributed by atoms with van der Waals surface area (Å²) in [4.78, 5) is 25.8. The van der Waals surface area contributed by atoms with Crippen LogP contribution in [0.2, 0.25) is 0 Å². The summed E-state index contributed by atoms with van der Waals surface area (Å²) in [6, 6.07) is 8.06. The Hall–Kier alpha value is -2.55. The van der Waals surface area contributed by atoms with E-state index in [4.69, 9.17) is 4.74 Å². The third-order valence-electron chi connectivity index (χ3n) is 4.60. The fraction of sp³-hybridized carbons (Fsp3) is 0.500. The van der Waals surface area contributed by atoms with Gasteiger partial charge in [-0.1, -0.05) is 11.8 Å². The van der Waals surface area contributed by atoms with Crippen LogP contribution in [0.5, 0.6) is 5.75 Å². The van der Waals surface area contributed by atoms with Crippen LogP contribution in [0, 0.1) is 0 Å². The van der Waals surface area contributed by atoms with E-state index in [0.717, 1.165) is 30.0 Å². The molecule has 1 aromatic carbocycles. The summed E-state index contributed by atoms with van der Waals surface area (Å²) in [5.74, 6) is 1.49. The van der Waals surface area contributed by atoms with Gasteiger partial charge in [0.25, 0.3) is 0 Å². The zero-order valence-electron chi connectivity index (χ0n) is 17.2. The molecular weight excluding hydrogens is 390 g/mol. The van der Waals surface area contributed by atoms with Crippen molar-refractivity contribution in [1.82, 2.24) is 25.0 Å². The molecule has 1 aromatic heterocycles. The number of methoxy groups -OCH3 is 1. The third-order valence-corrected chi connectivity index (χ3v) is 5.53. The monoisotopic (exact) mass is 417 g/mol. The lowest BCUT2D eigenvalue weighted by molar-refractivity contribution is -0.132. The fourth-order valence-electron chi connectivity index (χ4n) is 2.82. The van der Waals surface area contributed by atoms with Crippen molar-refractivity contribution in [2.24, 2.45) is 0 Å². The van der Waals surface area contributed by atoms with Crippen LogP contribution in [-0.4, -0.2) is 64.0 Å². The van der Waals surface area contributed by atoms with Crippen molar-refractivity contribution in [3.63, 3.8) is 0 Å². The van der Waals surface area contributed by atoms with Gasteiger partial charge in [-0.15, -0.1) is 10.2 Å². The van der Waals surface area contributed by atoms with Gasteiger partial charge in [-0.3, -0.25) is 14.2 Å². The molecule has 156 valence electrons. The highest BCUT2D eigenvalue weighted by Crippen LogP contribution is 2.28. The first-order valence-electron chi connectivity index (χ1n) is 9.64. The Labute approximate surface area is 175 Å². The van der Waals surface area contributed by atoms with Crippen LogP contribution in [0.15, 0.2) is 29.4 Å². The summed E-state index contributed by atoms with van der Waals surface area (Å²) in [6.45, 7) is 4.18. The summed E-state index contributed by atoms with van der Waals surface area (Å²) >= 11 is 1.33. The highest BCUT2D eigenvalue weighted by atomic mass is 32.2. The Morgan fingerprint density at radius 2 is 1.97 bits per heavy atom. The number of thioether (sulfide) groups is 1. The molecule has 1 aliphatic carbocycles. The minimum atomic E-state index is -0.120. The maximum atomic E-state index is 12.4. The van der Waals surface area contributed by atoms with Gasteiger partial charge in [0.2, 0.25) is 11.8 Å². The lowest BCUT2D eigenvalue weighted by Crippen LogP contribution is -2.39. The standard InChI is InChI=1S/C20H27N5O3S/c1-13(2)25-19(14-5-9-16(28-4)10-6-14)22-23-20(25)29-12-18(27)24(3)11-17(26)21-15-7-8-15/h5-6,9-10,13,15H,7-8,11-12H2,1-4H3,(H,21,26). The number of hydrogen-bond donors (Lipinski definition) is 1. The number of rotatable bonds is 9. The predicted octanol–water partition coefficient (Wildman–Crippen LogP) is 2.36. The highest BCUT2D eigenvalue weighted by Gasteiger charge is 2.24. The summed E-state index contributed by atoms with van der Waals surface area (Å²) < 4.78 is 7.22. The van der Waals surface area contributed by atoms with Gasteiger partial charge in [0.15, 0.2) is 11.0 Å². The first kappa shape index (κ1) is 21.2.